The van der Waals surface area contributed by atoms with E-state index in [0.717, 1.165) is 44.8 Å². The Labute approximate surface area is 126 Å². The lowest BCUT2D eigenvalue weighted by atomic mass is 10.1. The Balaban J connectivity index is 1.74. The van der Waals surface area contributed by atoms with Crippen LogP contribution in [0.1, 0.15) is 12.5 Å². The van der Waals surface area contributed by atoms with E-state index in [1.807, 2.05) is 24.3 Å². The molecule has 1 aromatic rings. The molecule has 1 aromatic carbocycles. The molecule has 0 unspecified atom stereocenters. The van der Waals surface area contributed by atoms with Gasteiger partial charge in [-0.25, -0.2) is 0 Å². The number of hydrogen-bond acceptors (Lipinski definition) is 4. The van der Waals surface area contributed by atoms with E-state index in [-0.39, 0.29) is 12.5 Å². The fourth-order valence-electron chi connectivity index (χ4n) is 2.54. The van der Waals surface area contributed by atoms with E-state index in [1.54, 1.807) is 0 Å². The molecule has 0 atom stereocenters. The molecule has 1 aliphatic rings. The Morgan fingerprint density at radius 1 is 1.14 bits per heavy atom. The molecule has 0 radical (unpaired) electrons. The molecule has 1 aliphatic heterocycles. The van der Waals surface area contributed by atoms with Crippen molar-refractivity contribution in [1.29, 1.82) is 0 Å². The quantitative estimate of drug-likeness (QED) is 0.814. The van der Waals surface area contributed by atoms with Crippen LogP contribution in [-0.4, -0.2) is 66.7 Å². The molecule has 1 amide bonds. The summed E-state index contributed by atoms with van der Waals surface area (Å²) < 4.78 is 0. The molecule has 1 fully saturated rings. The van der Waals surface area contributed by atoms with Crippen molar-refractivity contribution in [3.05, 3.63) is 29.8 Å². The van der Waals surface area contributed by atoms with Crippen LogP contribution in [0.5, 0.6) is 0 Å². The molecular weight excluding hydrogens is 266 g/mol. The predicted octanol–water partition coefficient (Wildman–Crippen LogP) is 0.797. The largest absolute Gasteiger partial charge is 0.395 e. The molecule has 116 valence electrons. The number of carbonyl (C=O) groups is 1. The van der Waals surface area contributed by atoms with E-state index in [4.69, 9.17) is 5.11 Å². The summed E-state index contributed by atoms with van der Waals surface area (Å²) in [6.45, 7) is 7.06. The molecule has 21 heavy (non-hydrogen) atoms. The third-order valence-electron chi connectivity index (χ3n) is 3.89. The van der Waals surface area contributed by atoms with Crippen molar-refractivity contribution in [2.24, 2.45) is 0 Å². The molecular formula is C16H25N3O2. The number of nitrogens with one attached hydrogen (secondary N) is 1. The summed E-state index contributed by atoms with van der Waals surface area (Å²) in [6.07, 6.45) is 1.01. The summed E-state index contributed by atoms with van der Waals surface area (Å²) in [5.74, 6) is 0.0369. The van der Waals surface area contributed by atoms with Crippen LogP contribution in [0, 0.1) is 0 Å². The standard InChI is InChI=1S/C16H25N3O2/c1-2-14-3-5-15(6-4-14)17-16(21)13-19-9-7-18(8-10-19)11-12-20/h3-6,20H,2,7-13H2,1H3,(H,17,21). The van der Waals surface area contributed by atoms with Crippen LogP contribution < -0.4 is 5.32 Å². The molecule has 2 N–H and O–H groups in total. The van der Waals surface area contributed by atoms with E-state index >= 15 is 0 Å². The number of piperazine rings is 1. The number of benzene rings is 1. The van der Waals surface area contributed by atoms with Crippen LogP contribution in [0.25, 0.3) is 0 Å². The minimum absolute atomic E-state index is 0.0369. The van der Waals surface area contributed by atoms with Gasteiger partial charge in [0, 0.05) is 38.4 Å². The minimum atomic E-state index is 0.0369. The zero-order chi connectivity index (χ0) is 15.1. The topological polar surface area (TPSA) is 55.8 Å². The highest BCUT2D eigenvalue weighted by Gasteiger charge is 2.18. The van der Waals surface area contributed by atoms with E-state index in [2.05, 4.69) is 22.0 Å². The fraction of sp³-hybridized carbons (Fsp3) is 0.562. The van der Waals surface area contributed by atoms with Crippen LogP contribution in [0.4, 0.5) is 5.69 Å². The molecule has 5 heteroatoms. The van der Waals surface area contributed by atoms with Gasteiger partial charge in [0.25, 0.3) is 0 Å². The van der Waals surface area contributed by atoms with Gasteiger partial charge in [-0.2, -0.15) is 0 Å². The van der Waals surface area contributed by atoms with Gasteiger partial charge in [0.2, 0.25) is 5.91 Å². The zero-order valence-corrected chi connectivity index (χ0v) is 12.7. The van der Waals surface area contributed by atoms with Crippen LogP contribution in [0.15, 0.2) is 24.3 Å². The second-order valence-corrected chi connectivity index (χ2v) is 5.44. The molecule has 0 bridgehead atoms. The maximum atomic E-state index is 12.0. The Kier molecular flexibility index (Phi) is 6.17. The van der Waals surface area contributed by atoms with Gasteiger partial charge >= 0.3 is 0 Å². The summed E-state index contributed by atoms with van der Waals surface area (Å²) in [7, 11) is 0. The number of hydrogen-bond donors (Lipinski definition) is 2. The molecule has 2 rings (SSSR count). The van der Waals surface area contributed by atoms with Gasteiger partial charge < -0.3 is 10.4 Å². The van der Waals surface area contributed by atoms with Gasteiger partial charge in [0.15, 0.2) is 0 Å². The Bertz CT molecular complexity index is 439. The molecule has 0 aliphatic carbocycles. The average molecular weight is 291 g/mol. The van der Waals surface area contributed by atoms with Crippen LogP contribution in [0.2, 0.25) is 0 Å². The summed E-state index contributed by atoms with van der Waals surface area (Å²) in [6, 6.07) is 8.00. The highest BCUT2D eigenvalue weighted by Crippen LogP contribution is 2.10. The first-order valence-corrected chi connectivity index (χ1v) is 7.65. The lowest BCUT2D eigenvalue weighted by Crippen LogP contribution is -2.49. The first-order chi connectivity index (χ1) is 10.2. The lowest BCUT2D eigenvalue weighted by molar-refractivity contribution is -0.117. The number of aliphatic hydroxyl groups is 1. The van der Waals surface area contributed by atoms with Crippen molar-refractivity contribution < 1.29 is 9.90 Å². The first kappa shape index (κ1) is 15.9. The van der Waals surface area contributed by atoms with Crippen LogP contribution in [0.3, 0.4) is 0 Å². The summed E-state index contributed by atoms with van der Waals surface area (Å²) in [5, 5.41) is 11.9. The highest BCUT2D eigenvalue weighted by atomic mass is 16.3. The number of anilines is 1. The number of carbonyl (C=O) groups excluding carboxylic acids is 1. The molecule has 0 aromatic heterocycles. The van der Waals surface area contributed by atoms with E-state index in [0.29, 0.717) is 6.54 Å². The second kappa shape index (κ2) is 8.12. The van der Waals surface area contributed by atoms with Crippen molar-refractivity contribution in [1.82, 2.24) is 9.80 Å². The smallest absolute Gasteiger partial charge is 0.238 e. The molecule has 1 heterocycles. The maximum absolute atomic E-state index is 12.0. The summed E-state index contributed by atoms with van der Waals surface area (Å²) >= 11 is 0. The van der Waals surface area contributed by atoms with Gasteiger partial charge in [-0.3, -0.25) is 14.6 Å². The Hall–Kier alpha value is -1.43. The lowest BCUT2D eigenvalue weighted by Gasteiger charge is -2.33. The number of rotatable bonds is 6. The summed E-state index contributed by atoms with van der Waals surface area (Å²) in [5.41, 5.74) is 2.13. The number of nitrogens with zero attached hydrogens (tertiary/aromatic N) is 2. The van der Waals surface area contributed by atoms with E-state index in [1.165, 1.54) is 5.56 Å². The average Bonchev–Trinajstić information content (AvgIpc) is 2.50. The first-order valence-electron chi connectivity index (χ1n) is 7.65. The normalized spacial score (nSPS) is 16.9. The number of amides is 1. The van der Waals surface area contributed by atoms with Crippen LogP contribution >= 0.6 is 0 Å². The number of aryl methyl sites for hydroxylation is 1. The third-order valence-corrected chi connectivity index (χ3v) is 3.89. The van der Waals surface area contributed by atoms with Crippen molar-refractivity contribution >= 4 is 11.6 Å². The van der Waals surface area contributed by atoms with E-state index in [9.17, 15) is 4.79 Å². The maximum Gasteiger partial charge on any atom is 0.238 e. The predicted molar refractivity (Wildman–Crippen MR) is 84.4 cm³/mol. The zero-order valence-electron chi connectivity index (χ0n) is 12.7. The van der Waals surface area contributed by atoms with Gasteiger partial charge in [0.05, 0.1) is 13.2 Å². The van der Waals surface area contributed by atoms with Crippen LogP contribution in [-0.2, 0) is 11.2 Å². The summed E-state index contributed by atoms with van der Waals surface area (Å²) in [4.78, 5) is 16.4. The highest BCUT2D eigenvalue weighted by molar-refractivity contribution is 5.92. The molecule has 1 saturated heterocycles. The Morgan fingerprint density at radius 3 is 2.33 bits per heavy atom. The van der Waals surface area contributed by atoms with Crippen molar-refractivity contribution in [2.75, 3.05) is 51.2 Å². The number of β-amino-alcohol motifs (C(OH)–C–C–N with tert-alkyl or cyclic N) is 1. The van der Waals surface area contributed by atoms with Gasteiger partial charge in [0.1, 0.15) is 0 Å². The molecule has 5 nitrogen and oxygen atoms in total. The molecule has 0 saturated carbocycles. The van der Waals surface area contributed by atoms with Gasteiger partial charge in [-0.05, 0) is 24.1 Å². The van der Waals surface area contributed by atoms with Gasteiger partial charge in [-0.1, -0.05) is 19.1 Å². The van der Waals surface area contributed by atoms with Crippen molar-refractivity contribution in [3.63, 3.8) is 0 Å². The van der Waals surface area contributed by atoms with Crippen molar-refractivity contribution in [2.45, 2.75) is 13.3 Å². The molecule has 0 spiro atoms. The van der Waals surface area contributed by atoms with Gasteiger partial charge in [-0.15, -0.1) is 0 Å². The van der Waals surface area contributed by atoms with Crippen molar-refractivity contribution in [3.8, 4) is 0 Å². The minimum Gasteiger partial charge on any atom is -0.395 e. The monoisotopic (exact) mass is 291 g/mol. The SMILES string of the molecule is CCc1ccc(NC(=O)CN2CCN(CCO)CC2)cc1. The second-order valence-electron chi connectivity index (χ2n) is 5.44. The fourth-order valence-corrected chi connectivity index (χ4v) is 2.54. The number of aliphatic hydroxyl groups excluding tert-OH is 1. The third kappa shape index (κ3) is 5.12. The van der Waals surface area contributed by atoms with E-state index < -0.39 is 0 Å². The Morgan fingerprint density at radius 2 is 1.76 bits per heavy atom.